The minimum Gasteiger partial charge on any atom is -0.478 e. The third kappa shape index (κ3) is 4.82. The number of rotatable bonds is 5. The van der Waals surface area contributed by atoms with Crippen LogP contribution in [0.3, 0.4) is 0 Å². The molecule has 3 N–H and O–H groups in total. The summed E-state index contributed by atoms with van der Waals surface area (Å²) >= 11 is 0. The third-order valence-electron chi connectivity index (χ3n) is 2.14. The van der Waals surface area contributed by atoms with E-state index < -0.39 is 25.7 Å². The summed E-state index contributed by atoms with van der Waals surface area (Å²) in [6, 6.07) is 3.43. The van der Waals surface area contributed by atoms with Crippen LogP contribution in [0.1, 0.15) is 33.2 Å². The predicted molar refractivity (Wildman–Crippen MR) is 65.1 cm³/mol. The van der Waals surface area contributed by atoms with Crippen molar-refractivity contribution in [3.05, 3.63) is 34.9 Å². The number of carboxylic acids is 1. The number of ether oxygens (including phenoxy) is 1. The lowest BCUT2D eigenvalue weighted by atomic mass is 10.1. The number of carbonyl (C=O) groups excluding carboxylic acids is 1. The molecule has 0 radical (unpaired) electrons. The van der Waals surface area contributed by atoms with Crippen LogP contribution in [0, 0.1) is 0 Å². The molecule has 0 aliphatic rings. The fourth-order valence-corrected chi connectivity index (χ4v) is 2.14. The van der Waals surface area contributed by atoms with E-state index in [-0.39, 0.29) is 23.3 Å². The SMILES string of the molecule is CCOC(=O)c1cc(CP(=O)(O)O)cc(C(=O)O)c1. The highest BCUT2D eigenvalue weighted by Gasteiger charge is 2.18. The number of carbonyl (C=O) groups is 2. The van der Waals surface area contributed by atoms with E-state index in [1.165, 1.54) is 6.07 Å². The van der Waals surface area contributed by atoms with Gasteiger partial charge in [0.15, 0.2) is 0 Å². The molecule has 0 spiro atoms. The molecule has 7 nitrogen and oxygen atoms in total. The zero-order valence-electron chi connectivity index (χ0n) is 10.1. The summed E-state index contributed by atoms with van der Waals surface area (Å²) in [4.78, 5) is 40.2. The number of esters is 1. The van der Waals surface area contributed by atoms with Crippen molar-refractivity contribution in [1.29, 1.82) is 0 Å². The molecule has 8 heteroatoms. The normalized spacial score (nSPS) is 11.1. The first kappa shape index (κ1) is 15.4. The summed E-state index contributed by atoms with van der Waals surface area (Å²) in [5.41, 5.74) is -0.213. The molecule has 0 amide bonds. The Morgan fingerprint density at radius 3 is 2.26 bits per heavy atom. The maximum absolute atomic E-state index is 11.5. The Balaban J connectivity index is 3.21. The van der Waals surface area contributed by atoms with E-state index in [0.29, 0.717) is 0 Å². The Bertz CT molecular complexity index is 546. The minimum atomic E-state index is -4.35. The Labute approximate surface area is 109 Å². The monoisotopic (exact) mass is 288 g/mol. The smallest absolute Gasteiger partial charge is 0.338 e. The average molecular weight is 288 g/mol. The van der Waals surface area contributed by atoms with Gasteiger partial charge in [-0.2, -0.15) is 0 Å². The summed E-state index contributed by atoms with van der Waals surface area (Å²) < 4.78 is 15.6. The third-order valence-corrected chi connectivity index (χ3v) is 2.92. The van der Waals surface area contributed by atoms with Gasteiger partial charge in [-0.1, -0.05) is 0 Å². The van der Waals surface area contributed by atoms with Gasteiger partial charge in [0.1, 0.15) is 0 Å². The van der Waals surface area contributed by atoms with Crippen molar-refractivity contribution >= 4 is 19.5 Å². The van der Waals surface area contributed by atoms with Crippen LogP contribution >= 0.6 is 7.60 Å². The van der Waals surface area contributed by atoms with E-state index in [1.54, 1.807) is 6.92 Å². The Morgan fingerprint density at radius 1 is 1.21 bits per heavy atom. The van der Waals surface area contributed by atoms with E-state index in [4.69, 9.17) is 19.6 Å². The molecule has 0 heterocycles. The van der Waals surface area contributed by atoms with Crippen LogP contribution in [0.4, 0.5) is 0 Å². The quantitative estimate of drug-likeness (QED) is 0.550. The summed E-state index contributed by atoms with van der Waals surface area (Å²) in [5.74, 6) is -2.03. The van der Waals surface area contributed by atoms with Gasteiger partial charge >= 0.3 is 19.5 Å². The second-order valence-electron chi connectivity index (χ2n) is 3.77. The fourth-order valence-electron chi connectivity index (χ4n) is 1.48. The molecule has 0 atom stereocenters. The Kier molecular flexibility index (Phi) is 4.83. The van der Waals surface area contributed by atoms with Crippen LogP contribution in [-0.2, 0) is 15.5 Å². The van der Waals surface area contributed by atoms with Crippen molar-refractivity contribution in [2.24, 2.45) is 0 Å². The van der Waals surface area contributed by atoms with E-state index in [0.717, 1.165) is 12.1 Å². The zero-order valence-corrected chi connectivity index (χ0v) is 11.0. The molecule has 0 saturated heterocycles. The topological polar surface area (TPSA) is 121 Å². The van der Waals surface area contributed by atoms with Crippen molar-refractivity contribution in [3.8, 4) is 0 Å². The first-order valence-electron chi connectivity index (χ1n) is 5.32. The predicted octanol–water partition coefficient (Wildman–Crippen LogP) is 1.24. The van der Waals surface area contributed by atoms with Crippen molar-refractivity contribution in [2.45, 2.75) is 13.1 Å². The Hall–Kier alpha value is -1.69. The lowest BCUT2D eigenvalue weighted by molar-refractivity contribution is 0.0526. The lowest BCUT2D eigenvalue weighted by Crippen LogP contribution is -2.08. The molecular weight excluding hydrogens is 275 g/mol. The van der Waals surface area contributed by atoms with Gasteiger partial charge in [0.2, 0.25) is 0 Å². The zero-order chi connectivity index (χ0) is 14.6. The molecule has 0 saturated carbocycles. The van der Waals surface area contributed by atoms with Gasteiger partial charge in [0, 0.05) is 0 Å². The van der Waals surface area contributed by atoms with Crippen LogP contribution < -0.4 is 0 Å². The average Bonchev–Trinajstić information content (AvgIpc) is 2.26. The number of hydrogen-bond donors (Lipinski definition) is 3. The molecule has 0 aliphatic heterocycles. The van der Waals surface area contributed by atoms with E-state index >= 15 is 0 Å². The van der Waals surface area contributed by atoms with E-state index in [2.05, 4.69) is 0 Å². The second kappa shape index (κ2) is 5.97. The van der Waals surface area contributed by atoms with Crippen molar-refractivity contribution < 1.29 is 33.8 Å². The largest absolute Gasteiger partial charge is 0.478 e. The number of hydrogen-bond acceptors (Lipinski definition) is 4. The second-order valence-corrected chi connectivity index (χ2v) is 5.41. The number of aromatic carboxylic acids is 1. The first-order chi connectivity index (χ1) is 8.73. The molecule has 1 aromatic rings. The lowest BCUT2D eigenvalue weighted by Gasteiger charge is -2.08. The Morgan fingerprint density at radius 2 is 1.79 bits per heavy atom. The van der Waals surface area contributed by atoms with Gasteiger partial charge in [-0.3, -0.25) is 4.57 Å². The molecule has 0 aliphatic carbocycles. The molecule has 104 valence electrons. The first-order valence-corrected chi connectivity index (χ1v) is 7.11. The summed E-state index contributed by atoms with van der Waals surface area (Å²) in [6.45, 7) is 1.71. The highest BCUT2D eigenvalue weighted by atomic mass is 31.2. The maximum atomic E-state index is 11.5. The maximum Gasteiger partial charge on any atom is 0.338 e. The highest BCUT2D eigenvalue weighted by Crippen LogP contribution is 2.39. The van der Waals surface area contributed by atoms with Gasteiger partial charge in [-0.15, -0.1) is 0 Å². The van der Waals surface area contributed by atoms with Crippen LogP contribution in [0.5, 0.6) is 0 Å². The summed E-state index contributed by atoms with van der Waals surface area (Å²) in [5, 5.41) is 8.90. The fraction of sp³-hybridized carbons (Fsp3) is 0.273. The molecular formula is C11H13O7P. The molecule has 0 unspecified atom stereocenters. The summed E-state index contributed by atoms with van der Waals surface area (Å²) in [7, 11) is -4.35. The number of benzene rings is 1. The molecule has 1 rings (SSSR count). The number of carboxylic acid groups (broad SMARTS) is 1. The van der Waals surface area contributed by atoms with Gasteiger partial charge in [-0.25, -0.2) is 9.59 Å². The molecule has 19 heavy (non-hydrogen) atoms. The van der Waals surface area contributed by atoms with E-state index in [9.17, 15) is 14.2 Å². The van der Waals surface area contributed by atoms with Crippen molar-refractivity contribution in [1.82, 2.24) is 0 Å². The van der Waals surface area contributed by atoms with Crippen molar-refractivity contribution in [2.75, 3.05) is 6.61 Å². The summed E-state index contributed by atoms with van der Waals surface area (Å²) in [6.07, 6.45) is -0.638. The van der Waals surface area contributed by atoms with Gasteiger partial charge < -0.3 is 19.6 Å². The standard InChI is InChI=1S/C11H13O7P/c1-2-18-11(14)9-4-7(6-19(15,16)17)3-8(5-9)10(12)13/h3-5H,2,6H2,1H3,(H,12,13)(H2,15,16,17). The molecule has 0 fully saturated rings. The van der Waals surface area contributed by atoms with Gasteiger partial charge in [-0.05, 0) is 30.7 Å². The van der Waals surface area contributed by atoms with Crippen LogP contribution in [-0.4, -0.2) is 33.4 Å². The van der Waals surface area contributed by atoms with Gasteiger partial charge in [0.25, 0.3) is 0 Å². The minimum absolute atomic E-state index is 0.0507. The van der Waals surface area contributed by atoms with Crippen LogP contribution in [0.25, 0.3) is 0 Å². The molecule has 0 aromatic heterocycles. The molecule has 1 aromatic carbocycles. The van der Waals surface area contributed by atoms with Gasteiger partial charge in [0.05, 0.1) is 23.9 Å². The van der Waals surface area contributed by atoms with E-state index in [1.807, 2.05) is 0 Å². The van der Waals surface area contributed by atoms with Crippen molar-refractivity contribution in [3.63, 3.8) is 0 Å². The highest BCUT2D eigenvalue weighted by molar-refractivity contribution is 7.50. The van der Waals surface area contributed by atoms with Crippen LogP contribution in [0.15, 0.2) is 18.2 Å². The molecule has 0 bridgehead atoms. The van der Waals surface area contributed by atoms with Crippen LogP contribution in [0.2, 0.25) is 0 Å².